The molecule has 1 aliphatic rings. The van der Waals surface area contributed by atoms with Crippen LogP contribution in [0.15, 0.2) is 54.7 Å². The van der Waals surface area contributed by atoms with Crippen molar-refractivity contribution in [1.82, 2.24) is 10.3 Å². The van der Waals surface area contributed by atoms with E-state index in [1.54, 1.807) is 12.3 Å². The molecule has 132 valence electrons. The summed E-state index contributed by atoms with van der Waals surface area (Å²) in [5.41, 5.74) is 2.73. The standard InChI is InChI=1S/C21H18F2N2O/c22-18-7-6-15(11-19(18)23)16-12-17(16)21(26)25-10-8-14-4-1-3-13-5-2-9-24-20(13)14/h1-7,9,11,16-17H,8,10,12H2,(H,25,26). The van der Waals surface area contributed by atoms with Crippen molar-refractivity contribution >= 4 is 16.8 Å². The number of nitrogens with zero attached hydrogens (tertiary/aromatic N) is 1. The Morgan fingerprint density at radius 3 is 2.81 bits per heavy atom. The van der Waals surface area contributed by atoms with Gasteiger partial charge in [0, 0.05) is 24.0 Å². The summed E-state index contributed by atoms with van der Waals surface area (Å²) in [4.78, 5) is 16.7. The van der Waals surface area contributed by atoms with Crippen molar-refractivity contribution in [3.63, 3.8) is 0 Å². The van der Waals surface area contributed by atoms with Crippen LogP contribution < -0.4 is 5.32 Å². The largest absolute Gasteiger partial charge is 0.356 e. The Hall–Kier alpha value is -2.82. The van der Waals surface area contributed by atoms with Crippen LogP contribution in [0.2, 0.25) is 0 Å². The first-order valence-corrected chi connectivity index (χ1v) is 8.69. The number of carbonyl (C=O) groups is 1. The smallest absolute Gasteiger partial charge is 0.223 e. The lowest BCUT2D eigenvalue weighted by molar-refractivity contribution is -0.122. The average molecular weight is 352 g/mol. The van der Waals surface area contributed by atoms with Gasteiger partial charge in [-0.3, -0.25) is 9.78 Å². The predicted octanol–water partition coefficient (Wildman–Crippen LogP) is 3.98. The average Bonchev–Trinajstić information content (AvgIpc) is 3.45. The second-order valence-corrected chi connectivity index (χ2v) is 6.66. The number of fused-ring (bicyclic) bond motifs is 1. The molecule has 1 aliphatic carbocycles. The van der Waals surface area contributed by atoms with Crippen molar-refractivity contribution in [2.24, 2.45) is 5.92 Å². The first kappa shape index (κ1) is 16.6. The molecule has 26 heavy (non-hydrogen) atoms. The summed E-state index contributed by atoms with van der Waals surface area (Å²) in [7, 11) is 0. The summed E-state index contributed by atoms with van der Waals surface area (Å²) >= 11 is 0. The molecule has 2 aromatic carbocycles. The highest BCUT2D eigenvalue weighted by molar-refractivity contribution is 5.83. The molecule has 1 N–H and O–H groups in total. The Bertz CT molecular complexity index is 968. The van der Waals surface area contributed by atoms with Gasteiger partial charge in [0.1, 0.15) is 0 Å². The van der Waals surface area contributed by atoms with E-state index in [-0.39, 0.29) is 17.7 Å². The summed E-state index contributed by atoms with van der Waals surface area (Å²) in [5.74, 6) is -1.95. The maximum Gasteiger partial charge on any atom is 0.223 e. The van der Waals surface area contributed by atoms with E-state index in [2.05, 4.69) is 10.3 Å². The minimum absolute atomic E-state index is 0.0238. The molecule has 1 fully saturated rings. The van der Waals surface area contributed by atoms with Crippen molar-refractivity contribution in [3.8, 4) is 0 Å². The van der Waals surface area contributed by atoms with Gasteiger partial charge in [-0.25, -0.2) is 8.78 Å². The molecule has 3 aromatic rings. The van der Waals surface area contributed by atoms with E-state index in [1.807, 2.05) is 30.3 Å². The number of carbonyl (C=O) groups excluding carboxylic acids is 1. The van der Waals surface area contributed by atoms with E-state index in [9.17, 15) is 13.6 Å². The lowest BCUT2D eigenvalue weighted by Crippen LogP contribution is -2.27. The minimum atomic E-state index is -0.864. The summed E-state index contributed by atoms with van der Waals surface area (Å²) in [6, 6.07) is 13.8. The number of aromatic nitrogens is 1. The Balaban J connectivity index is 1.34. The molecule has 0 aliphatic heterocycles. The third-order valence-electron chi connectivity index (χ3n) is 4.91. The summed E-state index contributed by atoms with van der Waals surface area (Å²) < 4.78 is 26.3. The van der Waals surface area contributed by atoms with Gasteiger partial charge >= 0.3 is 0 Å². The van der Waals surface area contributed by atoms with E-state index in [1.165, 1.54) is 6.07 Å². The number of para-hydroxylation sites is 1. The maximum absolute atomic E-state index is 13.3. The van der Waals surface area contributed by atoms with E-state index >= 15 is 0 Å². The second kappa shape index (κ2) is 6.83. The van der Waals surface area contributed by atoms with E-state index in [4.69, 9.17) is 0 Å². The van der Waals surface area contributed by atoms with Crippen molar-refractivity contribution in [2.45, 2.75) is 18.8 Å². The van der Waals surface area contributed by atoms with Crippen LogP contribution in [-0.2, 0) is 11.2 Å². The molecule has 0 saturated heterocycles. The number of halogens is 2. The first-order chi connectivity index (χ1) is 12.6. The Morgan fingerprint density at radius 2 is 1.96 bits per heavy atom. The second-order valence-electron chi connectivity index (χ2n) is 6.66. The number of pyridine rings is 1. The molecular weight excluding hydrogens is 334 g/mol. The molecule has 4 rings (SSSR count). The molecule has 5 heteroatoms. The van der Waals surface area contributed by atoms with Gasteiger partial charge in [-0.2, -0.15) is 0 Å². The van der Waals surface area contributed by atoms with Crippen LogP contribution in [0, 0.1) is 17.6 Å². The lowest BCUT2D eigenvalue weighted by atomic mass is 10.1. The quantitative estimate of drug-likeness (QED) is 0.755. The van der Waals surface area contributed by atoms with Crippen LogP contribution in [0.5, 0.6) is 0 Å². The van der Waals surface area contributed by atoms with Crippen LogP contribution in [0.25, 0.3) is 10.9 Å². The van der Waals surface area contributed by atoms with Gasteiger partial charge in [0.05, 0.1) is 5.52 Å². The Labute approximate surface area is 150 Å². The molecule has 0 bridgehead atoms. The van der Waals surface area contributed by atoms with Gasteiger partial charge in [-0.1, -0.05) is 30.3 Å². The van der Waals surface area contributed by atoms with E-state index in [0.29, 0.717) is 24.9 Å². The number of rotatable bonds is 5. The van der Waals surface area contributed by atoms with Gasteiger partial charge in [0.2, 0.25) is 5.91 Å². The SMILES string of the molecule is O=C(NCCc1cccc2cccnc12)C1CC1c1ccc(F)c(F)c1. The zero-order chi connectivity index (χ0) is 18.1. The molecule has 0 radical (unpaired) electrons. The van der Waals surface area contributed by atoms with Gasteiger partial charge in [-0.05, 0) is 48.1 Å². The minimum Gasteiger partial charge on any atom is -0.356 e. The number of hydrogen-bond acceptors (Lipinski definition) is 2. The van der Waals surface area contributed by atoms with Crippen LogP contribution in [-0.4, -0.2) is 17.4 Å². The third kappa shape index (κ3) is 3.29. The fraction of sp³-hybridized carbons (Fsp3) is 0.238. The normalized spacial score (nSPS) is 18.7. The fourth-order valence-electron chi connectivity index (χ4n) is 3.42. The zero-order valence-corrected chi connectivity index (χ0v) is 14.1. The van der Waals surface area contributed by atoms with Gasteiger partial charge < -0.3 is 5.32 Å². The summed E-state index contributed by atoms with van der Waals surface area (Å²) in [6.45, 7) is 0.523. The lowest BCUT2D eigenvalue weighted by Gasteiger charge is -2.08. The molecule has 0 spiro atoms. The van der Waals surface area contributed by atoms with Crippen LogP contribution >= 0.6 is 0 Å². The van der Waals surface area contributed by atoms with Gasteiger partial charge in [0.25, 0.3) is 0 Å². The Kier molecular flexibility index (Phi) is 4.37. The Morgan fingerprint density at radius 1 is 1.12 bits per heavy atom. The highest BCUT2D eigenvalue weighted by atomic mass is 19.2. The number of hydrogen-bond donors (Lipinski definition) is 1. The zero-order valence-electron chi connectivity index (χ0n) is 14.1. The van der Waals surface area contributed by atoms with Crippen molar-refractivity contribution < 1.29 is 13.6 Å². The topological polar surface area (TPSA) is 42.0 Å². The van der Waals surface area contributed by atoms with E-state index < -0.39 is 11.6 Å². The molecule has 3 nitrogen and oxygen atoms in total. The van der Waals surface area contributed by atoms with Crippen LogP contribution in [0.3, 0.4) is 0 Å². The number of nitrogens with one attached hydrogen (secondary N) is 1. The molecule has 2 unspecified atom stereocenters. The molecule has 1 saturated carbocycles. The number of amides is 1. The van der Waals surface area contributed by atoms with Crippen LogP contribution in [0.1, 0.15) is 23.5 Å². The highest BCUT2D eigenvalue weighted by Crippen LogP contribution is 2.47. The van der Waals surface area contributed by atoms with Crippen molar-refractivity contribution in [3.05, 3.63) is 77.5 Å². The maximum atomic E-state index is 13.3. The van der Waals surface area contributed by atoms with Crippen molar-refractivity contribution in [1.29, 1.82) is 0 Å². The predicted molar refractivity (Wildman–Crippen MR) is 95.7 cm³/mol. The third-order valence-corrected chi connectivity index (χ3v) is 4.91. The van der Waals surface area contributed by atoms with Crippen molar-refractivity contribution in [2.75, 3.05) is 6.54 Å². The molecule has 1 amide bonds. The summed E-state index contributed by atoms with van der Waals surface area (Å²) in [5, 5.41) is 4.03. The summed E-state index contributed by atoms with van der Waals surface area (Å²) in [6.07, 6.45) is 3.14. The van der Waals surface area contributed by atoms with Gasteiger partial charge in [-0.15, -0.1) is 0 Å². The van der Waals surface area contributed by atoms with E-state index in [0.717, 1.165) is 22.5 Å². The van der Waals surface area contributed by atoms with Gasteiger partial charge in [0.15, 0.2) is 11.6 Å². The molecule has 1 heterocycles. The monoisotopic (exact) mass is 352 g/mol. The number of benzene rings is 2. The van der Waals surface area contributed by atoms with Crippen LogP contribution in [0.4, 0.5) is 8.78 Å². The molecule has 2 atom stereocenters. The molecule has 1 aromatic heterocycles. The molecular formula is C21H18F2N2O. The fourth-order valence-corrected chi connectivity index (χ4v) is 3.42. The highest BCUT2D eigenvalue weighted by Gasteiger charge is 2.43. The first-order valence-electron chi connectivity index (χ1n) is 8.69.